The van der Waals surface area contributed by atoms with Crippen LogP contribution in [0, 0.1) is 0 Å². The molecule has 1 heterocycles. The minimum absolute atomic E-state index is 1.22. The number of fused-ring (bicyclic) bond motifs is 13. The van der Waals surface area contributed by atoms with E-state index in [-0.39, 0.29) is 0 Å². The summed E-state index contributed by atoms with van der Waals surface area (Å²) in [4.78, 5) is 0. The quantitative estimate of drug-likeness (QED) is 0.123. The number of rotatable bonds is 4. The lowest BCUT2D eigenvalue weighted by Crippen LogP contribution is -1.91. The Morgan fingerprint density at radius 1 is 0.213 bits per heavy atom. The summed E-state index contributed by atoms with van der Waals surface area (Å²) in [5, 5.41) is 18.2. The molecule has 0 atom stereocenters. The zero-order valence-electron chi connectivity index (χ0n) is 33.2. The van der Waals surface area contributed by atoms with Crippen molar-refractivity contribution in [1.29, 1.82) is 0 Å². The first kappa shape index (κ1) is 34.3. The first-order chi connectivity index (χ1) is 30.3. The van der Waals surface area contributed by atoms with Crippen LogP contribution in [-0.2, 0) is 0 Å². The number of hydrogen-bond acceptors (Lipinski definition) is 1. The highest BCUT2D eigenvalue weighted by atomic mass is 32.1. The van der Waals surface area contributed by atoms with Crippen LogP contribution in [0.1, 0.15) is 0 Å². The van der Waals surface area contributed by atoms with Crippen molar-refractivity contribution in [3.63, 3.8) is 0 Å². The Labute approximate surface area is 357 Å². The first-order valence-corrected chi connectivity index (χ1v) is 21.9. The van der Waals surface area contributed by atoms with E-state index in [1.807, 2.05) is 11.3 Å². The molecule has 0 spiro atoms. The molecule has 61 heavy (non-hydrogen) atoms. The topological polar surface area (TPSA) is 0 Å². The third kappa shape index (κ3) is 5.24. The normalized spacial score (nSPS) is 11.9. The molecule has 13 aromatic rings. The maximum absolute atomic E-state index is 2.47. The zero-order chi connectivity index (χ0) is 40.0. The van der Waals surface area contributed by atoms with Gasteiger partial charge in [-0.3, -0.25) is 0 Å². The van der Waals surface area contributed by atoms with Crippen LogP contribution < -0.4 is 0 Å². The molecule has 0 N–H and O–H groups in total. The van der Waals surface area contributed by atoms with Gasteiger partial charge in [0.05, 0.1) is 0 Å². The van der Waals surface area contributed by atoms with Gasteiger partial charge < -0.3 is 0 Å². The summed E-state index contributed by atoms with van der Waals surface area (Å²) in [6.07, 6.45) is 0. The summed E-state index contributed by atoms with van der Waals surface area (Å²) in [6, 6.07) is 81.1. The highest BCUT2D eigenvalue weighted by Crippen LogP contribution is 2.48. The van der Waals surface area contributed by atoms with Crippen LogP contribution in [0.25, 0.3) is 129 Å². The average molecular weight is 789 g/mol. The lowest BCUT2D eigenvalue weighted by molar-refractivity contribution is 1.61. The van der Waals surface area contributed by atoms with E-state index < -0.39 is 0 Å². The third-order valence-corrected chi connectivity index (χ3v) is 14.1. The molecular weight excluding hydrogens is 753 g/mol. The molecule has 0 fully saturated rings. The van der Waals surface area contributed by atoms with Crippen LogP contribution in [-0.4, -0.2) is 0 Å². The van der Waals surface area contributed by atoms with Gasteiger partial charge in [0.25, 0.3) is 0 Å². The second-order valence-electron chi connectivity index (χ2n) is 16.3. The Hall–Kier alpha value is -7.58. The molecule has 12 aromatic carbocycles. The molecule has 1 heteroatoms. The van der Waals surface area contributed by atoms with Gasteiger partial charge in [-0.1, -0.05) is 194 Å². The Morgan fingerprint density at radius 2 is 0.656 bits per heavy atom. The first-order valence-electron chi connectivity index (χ1n) is 21.1. The van der Waals surface area contributed by atoms with E-state index in [1.165, 1.54) is 129 Å². The average Bonchev–Trinajstić information content (AvgIpc) is 3.70. The fourth-order valence-corrected chi connectivity index (χ4v) is 11.5. The van der Waals surface area contributed by atoms with Crippen LogP contribution in [0.15, 0.2) is 218 Å². The molecule has 0 aliphatic rings. The summed E-state index contributed by atoms with van der Waals surface area (Å²) in [5.41, 5.74) is 9.95. The smallest absolute Gasteiger partial charge is 0.0368 e. The van der Waals surface area contributed by atoms with E-state index in [9.17, 15) is 0 Å². The molecule has 0 bridgehead atoms. The molecule has 282 valence electrons. The monoisotopic (exact) mass is 788 g/mol. The molecule has 1 aromatic heterocycles. The Morgan fingerprint density at radius 3 is 1.26 bits per heavy atom. The molecule has 0 aliphatic carbocycles. The Bertz CT molecular complexity index is 3850. The van der Waals surface area contributed by atoms with E-state index in [0.29, 0.717) is 0 Å². The minimum Gasteiger partial charge on any atom is -0.135 e. The van der Waals surface area contributed by atoms with Crippen molar-refractivity contribution in [2.24, 2.45) is 0 Å². The van der Waals surface area contributed by atoms with E-state index in [1.54, 1.807) is 0 Å². The highest BCUT2D eigenvalue weighted by Gasteiger charge is 2.19. The lowest BCUT2D eigenvalue weighted by Gasteiger charge is -2.18. The summed E-state index contributed by atoms with van der Waals surface area (Å²) >= 11 is 1.92. The van der Waals surface area contributed by atoms with Crippen LogP contribution >= 0.6 is 11.3 Å². The number of hydrogen-bond donors (Lipinski definition) is 0. The number of thiophene rings is 1. The predicted octanol–water partition coefficient (Wildman–Crippen LogP) is 17.6. The molecule has 0 nitrogen and oxygen atoms in total. The van der Waals surface area contributed by atoms with Gasteiger partial charge in [0.15, 0.2) is 0 Å². The number of benzene rings is 12. The zero-order valence-corrected chi connectivity index (χ0v) is 34.0. The second kappa shape index (κ2) is 13.5. The van der Waals surface area contributed by atoms with Crippen molar-refractivity contribution < 1.29 is 0 Å². The minimum atomic E-state index is 1.22. The maximum atomic E-state index is 2.47. The maximum Gasteiger partial charge on any atom is 0.0368 e. The van der Waals surface area contributed by atoms with Crippen molar-refractivity contribution in [2.75, 3.05) is 0 Å². The summed E-state index contributed by atoms with van der Waals surface area (Å²) in [5.74, 6) is 0. The fraction of sp³-hybridized carbons (Fsp3) is 0. The van der Waals surface area contributed by atoms with Gasteiger partial charge in [-0.15, -0.1) is 11.3 Å². The highest BCUT2D eigenvalue weighted by molar-refractivity contribution is 7.26. The van der Waals surface area contributed by atoms with Gasteiger partial charge in [-0.2, -0.15) is 0 Å². The van der Waals surface area contributed by atoms with Gasteiger partial charge in [0.1, 0.15) is 0 Å². The van der Waals surface area contributed by atoms with E-state index in [0.717, 1.165) is 0 Å². The standard InChI is InChI=1S/C60H36S/c1-2-15-37(16-3-1)40-17-14-18-41(33-40)59-50-27-12-10-25-48(50)58(49-26-11-13-28-51(49)59)39-31-29-38(30-32-39)52-35-57-60(47-24-9-8-23-46(47)52)55-34-53-44-21-6-4-19-42(44)43-20-5-7-22-45(43)54(53)36-56(55)61-57/h1-36H. The van der Waals surface area contributed by atoms with Crippen LogP contribution in [0.5, 0.6) is 0 Å². The largest absolute Gasteiger partial charge is 0.135 e. The summed E-state index contributed by atoms with van der Waals surface area (Å²) < 4.78 is 2.65. The van der Waals surface area contributed by atoms with Crippen LogP contribution in [0.2, 0.25) is 0 Å². The molecule has 0 unspecified atom stereocenters. The molecule has 0 amide bonds. The van der Waals surface area contributed by atoms with Gasteiger partial charge in [0.2, 0.25) is 0 Å². The molecule has 0 aliphatic heterocycles. The Kier molecular flexibility index (Phi) is 7.58. The van der Waals surface area contributed by atoms with Gasteiger partial charge >= 0.3 is 0 Å². The van der Waals surface area contributed by atoms with E-state index in [4.69, 9.17) is 0 Å². The van der Waals surface area contributed by atoms with Crippen molar-refractivity contribution in [2.45, 2.75) is 0 Å². The van der Waals surface area contributed by atoms with E-state index in [2.05, 4.69) is 218 Å². The third-order valence-electron chi connectivity index (χ3n) is 13.0. The SMILES string of the molecule is c1ccc(-c2cccc(-c3c4ccccc4c(-c4ccc(-c5cc6sc7cc8c9ccccc9c9ccccc9c8cc7c6c6ccccc56)cc4)c4ccccc34)c2)cc1. The molecule has 0 saturated carbocycles. The van der Waals surface area contributed by atoms with Crippen molar-refractivity contribution in [3.8, 4) is 44.5 Å². The molecule has 0 radical (unpaired) electrons. The predicted molar refractivity (Wildman–Crippen MR) is 266 cm³/mol. The van der Waals surface area contributed by atoms with Crippen LogP contribution in [0.3, 0.4) is 0 Å². The lowest BCUT2D eigenvalue weighted by atomic mass is 9.85. The van der Waals surface area contributed by atoms with Gasteiger partial charge in [-0.25, -0.2) is 0 Å². The fourth-order valence-electron chi connectivity index (χ4n) is 10.3. The van der Waals surface area contributed by atoms with Crippen molar-refractivity contribution in [1.82, 2.24) is 0 Å². The molecular formula is C60H36S. The molecule has 13 rings (SSSR count). The van der Waals surface area contributed by atoms with Crippen molar-refractivity contribution >= 4 is 96.1 Å². The second-order valence-corrected chi connectivity index (χ2v) is 17.4. The van der Waals surface area contributed by atoms with Gasteiger partial charge in [0, 0.05) is 20.2 Å². The van der Waals surface area contributed by atoms with Crippen molar-refractivity contribution in [3.05, 3.63) is 218 Å². The summed E-state index contributed by atoms with van der Waals surface area (Å²) in [6.45, 7) is 0. The molecule has 0 saturated heterocycles. The Balaban J connectivity index is 0.984. The summed E-state index contributed by atoms with van der Waals surface area (Å²) in [7, 11) is 0. The van der Waals surface area contributed by atoms with Gasteiger partial charge in [-0.05, 0) is 133 Å². The van der Waals surface area contributed by atoms with E-state index >= 15 is 0 Å². The van der Waals surface area contributed by atoms with Crippen LogP contribution in [0.4, 0.5) is 0 Å².